The Morgan fingerprint density at radius 3 is 1.77 bits per heavy atom. The van der Waals surface area contributed by atoms with Crippen molar-refractivity contribution in [1.29, 1.82) is 0 Å². The summed E-state index contributed by atoms with van der Waals surface area (Å²) in [5.74, 6) is 0.459. The first-order valence-corrected chi connectivity index (χ1v) is 7.88. The van der Waals surface area contributed by atoms with Gasteiger partial charge in [0.25, 0.3) is 0 Å². The van der Waals surface area contributed by atoms with Crippen LogP contribution in [-0.4, -0.2) is 0 Å². The van der Waals surface area contributed by atoms with Crippen LogP contribution in [0.15, 0.2) is 69.5 Å². The van der Waals surface area contributed by atoms with E-state index >= 15 is 0 Å². The molecule has 2 aromatic rings. The summed E-state index contributed by atoms with van der Waals surface area (Å²) in [6.07, 6.45) is 5.80. The van der Waals surface area contributed by atoms with E-state index in [2.05, 4.69) is 60.7 Å². The number of rotatable bonds is 1. The van der Waals surface area contributed by atoms with Gasteiger partial charge in [0.05, 0.1) is 0 Å². The molecule has 0 fully saturated rings. The van der Waals surface area contributed by atoms with Crippen molar-refractivity contribution in [3.05, 3.63) is 80.7 Å². The van der Waals surface area contributed by atoms with Crippen molar-refractivity contribution in [2.75, 3.05) is 0 Å². The Balaban J connectivity index is 0.000000807. The summed E-state index contributed by atoms with van der Waals surface area (Å²) in [5, 5.41) is 0. The Kier molecular flexibility index (Phi) is 6.87. The second-order valence-corrected chi connectivity index (χ2v) is 6.63. The van der Waals surface area contributed by atoms with Crippen LogP contribution in [0.4, 0.5) is 0 Å². The van der Waals surface area contributed by atoms with Gasteiger partial charge in [-0.1, -0.05) is 7.43 Å². The molecular weight excluding hydrogens is 390 g/mol. The maximum absolute atomic E-state index is 2.34. The number of fused-ring (bicyclic) bond motifs is 3. The Labute approximate surface area is 160 Å². The molecule has 0 spiro atoms. The first-order valence-electron chi connectivity index (χ1n) is 6.65. The zero-order chi connectivity index (χ0) is 12.8. The molecule has 0 nitrogen and oxygen atoms in total. The molecule has 0 atom stereocenters. The van der Waals surface area contributed by atoms with E-state index in [0.717, 1.165) is 6.42 Å². The van der Waals surface area contributed by atoms with Gasteiger partial charge in [-0.3, -0.25) is 0 Å². The van der Waals surface area contributed by atoms with Gasteiger partial charge in [-0.2, -0.15) is 0 Å². The average molecular weight is 407 g/mol. The van der Waals surface area contributed by atoms with E-state index in [1.54, 1.807) is 28.0 Å². The van der Waals surface area contributed by atoms with Gasteiger partial charge in [0.2, 0.25) is 0 Å². The number of hydrogen-bond donors (Lipinski definition) is 0. The second kappa shape index (κ2) is 7.78. The molecular formula is C19H17Cl2Zr. The zero-order valence-electron chi connectivity index (χ0n) is 11.3. The summed E-state index contributed by atoms with van der Waals surface area (Å²) in [4.78, 5) is 0. The first-order chi connectivity index (χ1) is 9.36. The number of hydrogen-bond acceptors (Lipinski definition) is 0. The molecule has 0 saturated heterocycles. The number of halogens is 2. The van der Waals surface area contributed by atoms with Gasteiger partial charge >= 0.3 is 129 Å². The number of benzene rings is 2. The Morgan fingerprint density at radius 2 is 1.32 bits per heavy atom. The standard InChI is InChI=1S/C18H13.CH4.2ClH.Zr/c1-2-8-13(7-1)18-16-11-5-3-9-14(16)15-10-4-6-12-17(15)18;;;;/h1,3-7,9-12,18H,2H2;1H4;2*1H;/q;;;;+2/p-2. The van der Waals surface area contributed by atoms with Crippen molar-refractivity contribution in [2.24, 2.45) is 0 Å². The molecule has 0 saturated carbocycles. The van der Waals surface area contributed by atoms with E-state index < -0.39 is 0 Å². The van der Waals surface area contributed by atoms with E-state index in [9.17, 15) is 0 Å². The molecule has 0 aliphatic heterocycles. The summed E-state index contributed by atoms with van der Waals surface area (Å²) in [7, 11) is 0. The fourth-order valence-electron chi connectivity index (χ4n) is 3.28. The number of allylic oxidation sites excluding steroid dienone is 4. The minimum absolute atomic E-state index is 0. The summed E-state index contributed by atoms with van der Waals surface area (Å²) in [6.45, 7) is 0. The van der Waals surface area contributed by atoms with E-state index in [4.69, 9.17) is 0 Å². The fourth-order valence-corrected chi connectivity index (χ4v) is 4.13. The van der Waals surface area contributed by atoms with E-state index in [-0.39, 0.29) is 32.2 Å². The fraction of sp³-hybridized carbons (Fsp3) is 0.158. The van der Waals surface area contributed by atoms with Gasteiger partial charge in [-0.15, -0.1) is 0 Å². The summed E-state index contributed by atoms with van der Waals surface area (Å²) >= 11 is 1.56. The third kappa shape index (κ3) is 2.92. The van der Waals surface area contributed by atoms with E-state index in [1.165, 1.54) is 27.8 Å². The zero-order valence-corrected chi connectivity index (χ0v) is 15.3. The van der Waals surface area contributed by atoms with Crippen LogP contribution in [0.1, 0.15) is 30.9 Å². The van der Waals surface area contributed by atoms with Crippen LogP contribution in [-0.2, 0) is 24.7 Å². The minimum atomic E-state index is 0. The van der Waals surface area contributed by atoms with Crippen LogP contribution in [0.2, 0.25) is 0 Å². The van der Waals surface area contributed by atoms with Crippen molar-refractivity contribution in [3.63, 3.8) is 0 Å². The van der Waals surface area contributed by atoms with Crippen molar-refractivity contribution < 1.29 is 49.5 Å². The summed E-state index contributed by atoms with van der Waals surface area (Å²) in [6, 6.07) is 17.7. The quantitative estimate of drug-likeness (QED) is 0.581. The summed E-state index contributed by atoms with van der Waals surface area (Å²) in [5.41, 5.74) is 7.32. The molecule has 0 amide bonds. The summed E-state index contributed by atoms with van der Waals surface area (Å²) < 4.78 is 1.60. The molecule has 111 valence electrons. The predicted octanol–water partition coefficient (Wildman–Crippen LogP) is -0.796. The molecule has 0 N–H and O–H groups in total. The molecule has 2 aliphatic rings. The van der Waals surface area contributed by atoms with Crippen molar-refractivity contribution in [1.82, 2.24) is 0 Å². The van der Waals surface area contributed by atoms with E-state index in [0.29, 0.717) is 5.92 Å². The van der Waals surface area contributed by atoms with Crippen molar-refractivity contribution in [3.8, 4) is 11.1 Å². The Hall–Kier alpha value is -0.617. The van der Waals surface area contributed by atoms with Crippen molar-refractivity contribution in [2.45, 2.75) is 19.8 Å². The molecule has 0 radical (unpaired) electrons. The van der Waals surface area contributed by atoms with Crippen LogP contribution in [0.3, 0.4) is 0 Å². The molecule has 2 aliphatic carbocycles. The second-order valence-electron chi connectivity index (χ2n) is 5.15. The van der Waals surface area contributed by atoms with Crippen molar-refractivity contribution >= 4 is 0 Å². The van der Waals surface area contributed by atoms with Gasteiger partial charge in [-0.05, 0) is 0 Å². The average Bonchev–Trinajstić information content (AvgIpc) is 3.00. The topological polar surface area (TPSA) is 0 Å². The molecule has 4 rings (SSSR count). The molecule has 0 bridgehead atoms. The molecule has 0 unspecified atom stereocenters. The molecule has 0 heterocycles. The Morgan fingerprint density at radius 1 is 0.818 bits per heavy atom. The molecule has 22 heavy (non-hydrogen) atoms. The van der Waals surface area contributed by atoms with Gasteiger partial charge in [0.15, 0.2) is 0 Å². The first kappa shape index (κ1) is 19.4. The van der Waals surface area contributed by atoms with E-state index in [1.807, 2.05) is 0 Å². The van der Waals surface area contributed by atoms with Crippen LogP contribution in [0, 0.1) is 0 Å². The van der Waals surface area contributed by atoms with Crippen LogP contribution < -0.4 is 24.8 Å². The molecule has 0 aromatic heterocycles. The SMILES string of the molecule is C.[Cl-].[Cl-].[Zr+2][C]1=C(C2c3ccccc3-c3ccccc32)C=CC1. The van der Waals surface area contributed by atoms with Crippen LogP contribution >= 0.6 is 0 Å². The van der Waals surface area contributed by atoms with Gasteiger partial charge < -0.3 is 24.8 Å². The van der Waals surface area contributed by atoms with Gasteiger partial charge in [-0.25, -0.2) is 0 Å². The maximum atomic E-state index is 2.34. The third-order valence-electron chi connectivity index (χ3n) is 4.11. The van der Waals surface area contributed by atoms with Crippen LogP contribution in [0.5, 0.6) is 0 Å². The third-order valence-corrected chi connectivity index (χ3v) is 5.32. The van der Waals surface area contributed by atoms with Gasteiger partial charge in [0, 0.05) is 0 Å². The Bertz CT molecular complexity index is 686. The van der Waals surface area contributed by atoms with Crippen LogP contribution in [0.25, 0.3) is 11.1 Å². The van der Waals surface area contributed by atoms with Gasteiger partial charge in [0.1, 0.15) is 0 Å². The normalized spacial score (nSPS) is 14.6. The monoisotopic (exact) mass is 405 g/mol. The molecule has 2 aromatic carbocycles. The predicted molar refractivity (Wildman–Crippen MR) is 81.2 cm³/mol. The molecule has 3 heteroatoms.